The Morgan fingerprint density at radius 2 is 1.85 bits per heavy atom. The van der Waals surface area contributed by atoms with Gasteiger partial charge < -0.3 is 5.32 Å². The Morgan fingerprint density at radius 3 is 2.54 bits per heavy atom. The Bertz CT molecular complexity index is 190. The van der Waals surface area contributed by atoms with Crippen LogP contribution in [0.4, 0.5) is 13.2 Å². The van der Waals surface area contributed by atoms with Crippen LogP contribution in [-0.4, -0.2) is 19.3 Å². The van der Waals surface area contributed by atoms with Crippen molar-refractivity contribution in [2.24, 2.45) is 17.8 Å². The van der Waals surface area contributed by atoms with Gasteiger partial charge in [0, 0.05) is 0 Å². The zero-order valence-corrected chi connectivity index (χ0v) is 7.40. The molecule has 76 valence electrons. The second-order valence-corrected chi connectivity index (χ2v) is 4.16. The van der Waals surface area contributed by atoms with Crippen LogP contribution in [0, 0.1) is 17.8 Å². The molecule has 1 N–H and O–H groups in total. The SMILES string of the molecule is FC(F)(F)C1CCCC2CNCC21. The summed E-state index contributed by atoms with van der Waals surface area (Å²) in [5.41, 5.74) is 0. The van der Waals surface area contributed by atoms with Crippen LogP contribution in [0.1, 0.15) is 19.3 Å². The van der Waals surface area contributed by atoms with Crippen LogP contribution in [0.3, 0.4) is 0 Å². The van der Waals surface area contributed by atoms with Crippen LogP contribution in [-0.2, 0) is 0 Å². The number of nitrogens with one attached hydrogen (secondary N) is 1. The molecule has 2 rings (SSSR count). The minimum Gasteiger partial charge on any atom is -0.316 e. The Hall–Kier alpha value is -0.250. The van der Waals surface area contributed by atoms with Gasteiger partial charge in [-0.3, -0.25) is 0 Å². The molecule has 2 aliphatic rings. The van der Waals surface area contributed by atoms with Crippen LogP contribution < -0.4 is 5.32 Å². The fourth-order valence-corrected chi connectivity index (χ4v) is 2.76. The molecular weight excluding hydrogens is 179 g/mol. The summed E-state index contributed by atoms with van der Waals surface area (Å²) >= 11 is 0. The van der Waals surface area contributed by atoms with Crippen molar-refractivity contribution < 1.29 is 13.2 Å². The molecule has 0 aromatic heterocycles. The molecule has 2 fully saturated rings. The maximum Gasteiger partial charge on any atom is 0.392 e. The van der Waals surface area contributed by atoms with Crippen molar-refractivity contribution in [1.29, 1.82) is 0 Å². The van der Waals surface area contributed by atoms with Crippen LogP contribution >= 0.6 is 0 Å². The smallest absolute Gasteiger partial charge is 0.316 e. The molecule has 3 unspecified atom stereocenters. The quantitative estimate of drug-likeness (QED) is 0.621. The van der Waals surface area contributed by atoms with Gasteiger partial charge in [0.15, 0.2) is 0 Å². The second kappa shape index (κ2) is 3.15. The number of fused-ring (bicyclic) bond motifs is 1. The summed E-state index contributed by atoms with van der Waals surface area (Å²) < 4.78 is 37.7. The number of hydrogen-bond acceptors (Lipinski definition) is 1. The maximum atomic E-state index is 12.6. The average molecular weight is 193 g/mol. The molecular formula is C9H14F3N. The number of halogens is 3. The van der Waals surface area contributed by atoms with Crippen LogP contribution in [0.2, 0.25) is 0 Å². The Kier molecular flexibility index (Phi) is 2.26. The molecule has 0 aromatic carbocycles. The molecule has 1 saturated heterocycles. The highest BCUT2D eigenvalue weighted by Crippen LogP contribution is 2.45. The highest BCUT2D eigenvalue weighted by atomic mass is 19.4. The van der Waals surface area contributed by atoms with Crippen molar-refractivity contribution in [1.82, 2.24) is 5.32 Å². The molecule has 0 aromatic rings. The first-order valence-corrected chi connectivity index (χ1v) is 4.86. The van der Waals surface area contributed by atoms with Crippen molar-refractivity contribution in [2.45, 2.75) is 25.4 Å². The molecule has 1 saturated carbocycles. The van der Waals surface area contributed by atoms with Gasteiger partial charge in [0.2, 0.25) is 0 Å². The molecule has 13 heavy (non-hydrogen) atoms. The summed E-state index contributed by atoms with van der Waals surface area (Å²) in [6, 6.07) is 0. The van der Waals surface area contributed by atoms with E-state index in [0.717, 1.165) is 19.4 Å². The Morgan fingerprint density at radius 1 is 1.08 bits per heavy atom. The Labute approximate surface area is 75.7 Å². The summed E-state index contributed by atoms with van der Waals surface area (Å²) in [6.07, 6.45) is -1.92. The minimum atomic E-state index is -3.98. The van der Waals surface area contributed by atoms with Gasteiger partial charge in [0.25, 0.3) is 0 Å². The van der Waals surface area contributed by atoms with E-state index in [2.05, 4.69) is 5.32 Å². The molecule has 1 aliphatic heterocycles. The van der Waals surface area contributed by atoms with Crippen LogP contribution in [0.5, 0.6) is 0 Å². The fraction of sp³-hybridized carbons (Fsp3) is 1.00. The molecule has 0 amide bonds. The van der Waals surface area contributed by atoms with E-state index >= 15 is 0 Å². The predicted molar refractivity (Wildman–Crippen MR) is 43.2 cm³/mol. The van der Waals surface area contributed by atoms with Crippen molar-refractivity contribution in [3.05, 3.63) is 0 Å². The normalized spacial score (nSPS) is 40.4. The van der Waals surface area contributed by atoms with E-state index in [4.69, 9.17) is 0 Å². The predicted octanol–water partition coefficient (Wildman–Crippen LogP) is 2.18. The standard InChI is InChI=1S/C9H14F3N/c10-9(11,12)8-3-1-2-6-4-13-5-7(6)8/h6-8,13H,1-5H2. The van der Waals surface area contributed by atoms with Gasteiger partial charge in [-0.2, -0.15) is 13.2 Å². The van der Waals surface area contributed by atoms with Gasteiger partial charge in [-0.15, -0.1) is 0 Å². The number of rotatable bonds is 0. The van der Waals surface area contributed by atoms with Gasteiger partial charge in [-0.05, 0) is 37.8 Å². The molecule has 3 atom stereocenters. The second-order valence-electron chi connectivity index (χ2n) is 4.16. The van der Waals surface area contributed by atoms with Crippen molar-refractivity contribution >= 4 is 0 Å². The fourth-order valence-electron chi connectivity index (χ4n) is 2.76. The van der Waals surface area contributed by atoms with Crippen LogP contribution in [0.15, 0.2) is 0 Å². The summed E-state index contributed by atoms with van der Waals surface area (Å²) in [4.78, 5) is 0. The lowest BCUT2D eigenvalue weighted by molar-refractivity contribution is -0.198. The van der Waals surface area contributed by atoms with Gasteiger partial charge in [0.1, 0.15) is 0 Å². The van der Waals surface area contributed by atoms with Gasteiger partial charge in [-0.1, -0.05) is 6.42 Å². The number of alkyl halides is 3. The molecule has 1 nitrogen and oxygen atoms in total. The highest BCUT2D eigenvalue weighted by Gasteiger charge is 2.49. The first-order valence-electron chi connectivity index (χ1n) is 4.86. The lowest BCUT2D eigenvalue weighted by Gasteiger charge is -2.34. The maximum absolute atomic E-state index is 12.6. The molecule has 0 bridgehead atoms. The monoisotopic (exact) mass is 193 g/mol. The van der Waals surface area contributed by atoms with Gasteiger partial charge in [-0.25, -0.2) is 0 Å². The van der Waals surface area contributed by atoms with E-state index in [0.29, 0.717) is 13.0 Å². The van der Waals surface area contributed by atoms with Crippen molar-refractivity contribution in [3.63, 3.8) is 0 Å². The first-order chi connectivity index (χ1) is 6.09. The zero-order valence-electron chi connectivity index (χ0n) is 7.40. The van der Waals surface area contributed by atoms with E-state index in [1.54, 1.807) is 0 Å². The van der Waals surface area contributed by atoms with E-state index < -0.39 is 12.1 Å². The third-order valence-electron chi connectivity index (χ3n) is 3.42. The summed E-state index contributed by atoms with van der Waals surface area (Å²) in [7, 11) is 0. The van der Waals surface area contributed by atoms with Crippen molar-refractivity contribution in [3.8, 4) is 0 Å². The molecule has 0 radical (unpaired) electrons. The molecule has 4 heteroatoms. The van der Waals surface area contributed by atoms with E-state index in [9.17, 15) is 13.2 Å². The largest absolute Gasteiger partial charge is 0.392 e. The summed E-state index contributed by atoms with van der Waals surface area (Å²) in [6.45, 7) is 1.35. The van der Waals surface area contributed by atoms with E-state index in [1.807, 2.05) is 0 Å². The lowest BCUT2D eigenvalue weighted by atomic mass is 9.73. The molecule has 1 aliphatic carbocycles. The minimum absolute atomic E-state index is 0.145. The highest BCUT2D eigenvalue weighted by molar-refractivity contribution is 4.92. The number of hydrogen-bond donors (Lipinski definition) is 1. The lowest BCUT2D eigenvalue weighted by Crippen LogP contribution is -2.37. The Balaban J connectivity index is 2.10. The third kappa shape index (κ3) is 1.68. The summed E-state index contributed by atoms with van der Waals surface area (Å²) in [5, 5.41) is 3.07. The van der Waals surface area contributed by atoms with E-state index in [-0.39, 0.29) is 11.8 Å². The van der Waals surface area contributed by atoms with E-state index in [1.165, 1.54) is 0 Å². The van der Waals surface area contributed by atoms with Gasteiger partial charge >= 0.3 is 6.18 Å². The van der Waals surface area contributed by atoms with Crippen molar-refractivity contribution in [2.75, 3.05) is 13.1 Å². The summed E-state index contributed by atoms with van der Waals surface area (Å²) in [5.74, 6) is -0.907. The van der Waals surface area contributed by atoms with Gasteiger partial charge in [0.05, 0.1) is 5.92 Å². The topological polar surface area (TPSA) is 12.0 Å². The zero-order chi connectivity index (χ0) is 9.47. The third-order valence-corrected chi connectivity index (χ3v) is 3.42. The molecule has 1 heterocycles. The average Bonchev–Trinajstić information content (AvgIpc) is 2.48. The first kappa shape index (κ1) is 9.31. The molecule has 0 spiro atoms. The van der Waals surface area contributed by atoms with Crippen LogP contribution in [0.25, 0.3) is 0 Å².